The number of hydrogen-bond donors (Lipinski definition) is 1. The maximum atomic E-state index is 11.4. The first-order chi connectivity index (χ1) is 15.2. The third kappa shape index (κ3) is 3.65. The Hall–Kier alpha value is -1.02. The van der Waals surface area contributed by atoms with Crippen molar-refractivity contribution >= 4 is 0 Å². The van der Waals surface area contributed by atoms with Crippen LogP contribution in [-0.2, 0) is 30.3 Å². The molecular formula is C25H34O6. The van der Waals surface area contributed by atoms with E-state index in [-0.39, 0.29) is 18.3 Å². The molecule has 0 aromatic heterocycles. The quantitative estimate of drug-likeness (QED) is 0.786. The summed E-state index contributed by atoms with van der Waals surface area (Å²) in [5.74, 6) is -1.15. The van der Waals surface area contributed by atoms with Crippen LogP contribution in [0.25, 0.3) is 0 Å². The fraction of sp³-hybridized carbons (Fsp3) is 0.760. The number of hydrogen-bond acceptors (Lipinski definition) is 6. The van der Waals surface area contributed by atoms with E-state index in [0.717, 1.165) is 56.9 Å². The molecule has 6 rings (SSSR count). The summed E-state index contributed by atoms with van der Waals surface area (Å²) < 4.78 is 32.6. The van der Waals surface area contributed by atoms with Gasteiger partial charge in [0, 0.05) is 25.7 Å². The normalized spacial score (nSPS) is 40.7. The van der Waals surface area contributed by atoms with E-state index in [1.165, 1.54) is 12.8 Å². The number of fused-ring (bicyclic) bond motifs is 3. The summed E-state index contributed by atoms with van der Waals surface area (Å²) in [5, 5.41) is 11.4. The van der Waals surface area contributed by atoms with Gasteiger partial charge in [-0.1, -0.05) is 43.2 Å². The smallest absolute Gasteiger partial charge is 0.169 e. The van der Waals surface area contributed by atoms with Gasteiger partial charge in [-0.25, -0.2) is 0 Å². The standard InChI is InChI=1S/C25H34O6/c26-18-19(27-16-17-10-4-1-5-11-17)21-23(31-25(29-21)14-8-3-9-15-25)22-20(18)28-24(30-22)12-6-2-7-13-24/h1,4-5,10-11,18-23,26H,2-3,6-9,12-16H2/t18-,19?,20?,21-,22?,23-/m0/s1. The second-order valence-corrected chi connectivity index (χ2v) is 10.0. The van der Waals surface area contributed by atoms with Crippen molar-refractivity contribution in [2.24, 2.45) is 0 Å². The highest BCUT2D eigenvalue weighted by Gasteiger charge is 2.66. The van der Waals surface area contributed by atoms with Gasteiger partial charge in [0.15, 0.2) is 11.6 Å². The van der Waals surface area contributed by atoms with E-state index in [4.69, 9.17) is 23.7 Å². The van der Waals surface area contributed by atoms with Gasteiger partial charge in [0.05, 0.1) is 6.61 Å². The van der Waals surface area contributed by atoms with Crippen LogP contribution in [0.2, 0.25) is 0 Å². The van der Waals surface area contributed by atoms with Crippen LogP contribution in [0.15, 0.2) is 30.3 Å². The lowest BCUT2D eigenvalue weighted by atomic mass is 9.85. The highest BCUT2D eigenvalue weighted by atomic mass is 16.8. The first-order valence-corrected chi connectivity index (χ1v) is 12.2. The summed E-state index contributed by atoms with van der Waals surface area (Å²) in [7, 11) is 0. The second kappa shape index (κ2) is 8.08. The van der Waals surface area contributed by atoms with Gasteiger partial charge in [-0.2, -0.15) is 0 Å². The van der Waals surface area contributed by atoms with E-state index in [9.17, 15) is 5.11 Å². The summed E-state index contributed by atoms with van der Waals surface area (Å²) in [5.41, 5.74) is 1.08. The zero-order chi connectivity index (χ0) is 20.9. The summed E-state index contributed by atoms with van der Waals surface area (Å²) in [6.07, 6.45) is 7.70. The summed E-state index contributed by atoms with van der Waals surface area (Å²) in [6.45, 7) is 0.422. The Kier molecular flexibility index (Phi) is 5.37. The van der Waals surface area contributed by atoms with Gasteiger partial charge >= 0.3 is 0 Å². The molecule has 1 aromatic carbocycles. The van der Waals surface area contributed by atoms with Gasteiger partial charge in [0.1, 0.15) is 36.6 Å². The van der Waals surface area contributed by atoms with Crippen LogP contribution < -0.4 is 0 Å². The van der Waals surface area contributed by atoms with Crippen molar-refractivity contribution in [2.75, 3.05) is 0 Å². The Morgan fingerprint density at radius 1 is 0.710 bits per heavy atom. The number of rotatable bonds is 3. The molecule has 1 N–H and O–H groups in total. The highest BCUT2D eigenvalue weighted by molar-refractivity contribution is 5.14. The molecule has 5 aliphatic rings. The number of aliphatic hydroxyl groups excluding tert-OH is 1. The van der Waals surface area contributed by atoms with Gasteiger partial charge < -0.3 is 28.8 Å². The molecule has 2 heterocycles. The van der Waals surface area contributed by atoms with Crippen LogP contribution in [0.4, 0.5) is 0 Å². The average Bonchev–Trinajstić information content (AvgIpc) is 3.34. The molecule has 0 bridgehead atoms. The summed E-state index contributed by atoms with van der Waals surface area (Å²) in [6, 6.07) is 10.1. The van der Waals surface area contributed by atoms with Crippen LogP contribution in [0.3, 0.4) is 0 Å². The SMILES string of the molecule is O[C@@H]1C2OC3(CCCCC3)OC2[C@H]2OC3(CCCCC3)O[C@H]2C1OCc1ccccc1. The predicted octanol–water partition coefficient (Wildman–Crippen LogP) is 3.84. The van der Waals surface area contributed by atoms with E-state index in [1.54, 1.807) is 0 Å². The van der Waals surface area contributed by atoms with Crippen LogP contribution in [0.5, 0.6) is 0 Å². The minimum atomic E-state index is -0.807. The van der Waals surface area contributed by atoms with Gasteiger partial charge in [-0.05, 0) is 31.2 Å². The van der Waals surface area contributed by atoms with Crippen molar-refractivity contribution < 1.29 is 28.8 Å². The summed E-state index contributed by atoms with van der Waals surface area (Å²) >= 11 is 0. The van der Waals surface area contributed by atoms with Gasteiger partial charge in [0.2, 0.25) is 0 Å². The van der Waals surface area contributed by atoms with E-state index in [1.807, 2.05) is 30.3 Å². The number of aliphatic hydroxyl groups is 1. The molecule has 2 saturated heterocycles. The lowest BCUT2D eigenvalue weighted by Crippen LogP contribution is -2.62. The zero-order valence-corrected chi connectivity index (χ0v) is 18.1. The highest BCUT2D eigenvalue weighted by Crippen LogP contribution is 2.51. The van der Waals surface area contributed by atoms with Crippen LogP contribution in [0.1, 0.15) is 69.8 Å². The Balaban J connectivity index is 1.28. The van der Waals surface area contributed by atoms with Crippen molar-refractivity contribution in [1.29, 1.82) is 0 Å². The Bertz CT molecular complexity index is 757. The summed E-state index contributed by atoms with van der Waals surface area (Å²) in [4.78, 5) is 0. The van der Waals surface area contributed by atoms with Gasteiger partial charge in [0.25, 0.3) is 0 Å². The van der Waals surface area contributed by atoms with E-state index >= 15 is 0 Å². The van der Waals surface area contributed by atoms with E-state index < -0.39 is 29.9 Å². The Morgan fingerprint density at radius 2 is 1.23 bits per heavy atom. The van der Waals surface area contributed by atoms with Crippen molar-refractivity contribution in [2.45, 2.75) is 119 Å². The number of ether oxygens (including phenoxy) is 5. The van der Waals surface area contributed by atoms with Gasteiger partial charge in [-0.3, -0.25) is 0 Å². The van der Waals surface area contributed by atoms with Crippen molar-refractivity contribution in [3.05, 3.63) is 35.9 Å². The molecule has 6 atom stereocenters. The molecule has 2 spiro atoms. The van der Waals surface area contributed by atoms with Crippen LogP contribution in [-0.4, -0.2) is 53.3 Å². The Morgan fingerprint density at radius 3 is 1.84 bits per heavy atom. The van der Waals surface area contributed by atoms with Crippen LogP contribution in [0, 0.1) is 0 Å². The molecule has 0 radical (unpaired) electrons. The van der Waals surface area contributed by atoms with Gasteiger partial charge in [-0.15, -0.1) is 0 Å². The Labute approximate surface area is 184 Å². The minimum Gasteiger partial charge on any atom is -0.387 e. The molecule has 6 heteroatoms. The third-order valence-corrected chi connectivity index (χ3v) is 7.89. The first kappa shape index (κ1) is 20.6. The van der Waals surface area contributed by atoms with E-state index in [2.05, 4.69) is 0 Å². The van der Waals surface area contributed by atoms with Crippen molar-refractivity contribution in [1.82, 2.24) is 0 Å². The van der Waals surface area contributed by atoms with Crippen LogP contribution >= 0.6 is 0 Å². The lowest BCUT2D eigenvalue weighted by molar-refractivity contribution is -0.227. The molecule has 3 unspecified atom stereocenters. The largest absolute Gasteiger partial charge is 0.387 e. The minimum absolute atomic E-state index is 0.270. The molecular weight excluding hydrogens is 396 g/mol. The zero-order valence-electron chi connectivity index (χ0n) is 18.1. The molecule has 3 saturated carbocycles. The maximum absolute atomic E-state index is 11.4. The average molecular weight is 431 g/mol. The van der Waals surface area contributed by atoms with Crippen molar-refractivity contribution in [3.63, 3.8) is 0 Å². The predicted molar refractivity (Wildman–Crippen MR) is 112 cm³/mol. The fourth-order valence-corrected chi connectivity index (χ4v) is 6.34. The molecule has 1 aromatic rings. The molecule has 2 aliphatic heterocycles. The molecule has 170 valence electrons. The first-order valence-electron chi connectivity index (χ1n) is 12.2. The molecule has 31 heavy (non-hydrogen) atoms. The van der Waals surface area contributed by atoms with Crippen molar-refractivity contribution in [3.8, 4) is 0 Å². The topological polar surface area (TPSA) is 66.4 Å². The maximum Gasteiger partial charge on any atom is 0.169 e. The molecule has 6 nitrogen and oxygen atoms in total. The molecule has 0 amide bonds. The third-order valence-electron chi connectivity index (χ3n) is 7.89. The monoisotopic (exact) mass is 430 g/mol. The van der Waals surface area contributed by atoms with E-state index in [0.29, 0.717) is 6.61 Å². The fourth-order valence-electron chi connectivity index (χ4n) is 6.34. The molecule has 3 aliphatic carbocycles. The second-order valence-electron chi connectivity index (χ2n) is 10.0. The lowest BCUT2D eigenvalue weighted by Gasteiger charge is -2.40. The molecule has 5 fully saturated rings. The number of benzene rings is 1.